The molecule has 0 fully saturated rings. The number of hydrogen-bond acceptors (Lipinski definition) is 7. The molecule has 0 spiro atoms. The summed E-state index contributed by atoms with van der Waals surface area (Å²) in [4.78, 5) is 21.4. The van der Waals surface area contributed by atoms with Gasteiger partial charge in [0.25, 0.3) is 5.91 Å². The van der Waals surface area contributed by atoms with Gasteiger partial charge in [0, 0.05) is 23.2 Å². The number of para-hydroxylation sites is 1. The van der Waals surface area contributed by atoms with Crippen LogP contribution in [0.25, 0.3) is 22.4 Å². The van der Waals surface area contributed by atoms with Crippen molar-refractivity contribution in [1.29, 1.82) is 0 Å². The van der Waals surface area contributed by atoms with Crippen LogP contribution in [0.3, 0.4) is 0 Å². The smallest absolute Gasteiger partial charge is 0.423 e. The lowest BCUT2D eigenvalue weighted by Crippen LogP contribution is -2.30. The van der Waals surface area contributed by atoms with Crippen molar-refractivity contribution in [3.05, 3.63) is 64.8 Å². The number of aromatic amines is 1. The maximum absolute atomic E-state index is 11.8. The molecule has 0 bridgehead atoms. The first-order chi connectivity index (χ1) is 16.0. The molecule has 1 amide bonds. The summed E-state index contributed by atoms with van der Waals surface area (Å²) >= 11 is 0. The topological polar surface area (TPSA) is 150 Å². The zero-order valence-corrected chi connectivity index (χ0v) is 17.9. The lowest BCUT2D eigenvalue weighted by atomic mass is 9.79. The summed E-state index contributed by atoms with van der Waals surface area (Å²) in [7, 11) is -1.51. The number of nitrogens with one attached hydrogen (secondary N) is 2. The number of primary amides is 1. The molecule has 9 nitrogen and oxygen atoms in total. The third kappa shape index (κ3) is 4.06. The Balaban J connectivity index is 1.54. The second-order valence-corrected chi connectivity index (χ2v) is 8.17. The molecule has 0 unspecified atom stereocenters. The molecule has 0 radical (unpaired) electrons. The summed E-state index contributed by atoms with van der Waals surface area (Å²) < 4.78 is 0. The Morgan fingerprint density at radius 2 is 1.94 bits per heavy atom. The van der Waals surface area contributed by atoms with Crippen molar-refractivity contribution < 1.29 is 14.8 Å². The van der Waals surface area contributed by atoms with Crippen LogP contribution in [0.1, 0.15) is 40.0 Å². The van der Waals surface area contributed by atoms with E-state index in [-0.39, 0.29) is 0 Å². The van der Waals surface area contributed by atoms with E-state index in [4.69, 9.17) is 15.7 Å². The number of nitrogens with zero attached hydrogens (tertiary/aromatic N) is 3. The summed E-state index contributed by atoms with van der Waals surface area (Å²) in [5, 5.41) is 30.3. The minimum Gasteiger partial charge on any atom is -0.423 e. The van der Waals surface area contributed by atoms with E-state index in [1.165, 1.54) is 0 Å². The molecule has 0 saturated heterocycles. The van der Waals surface area contributed by atoms with Gasteiger partial charge in [-0.1, -0.05) is 36.4 Å². The van der Waals surface area contributed by atoms with Gasteiger partial charge in [0.2, 0.25) is 0 Å². The van der Waals surface area contributed by atoms with E-state index in [1.54, 1.807) is 30.3 Å². The number of hydrogen-bond donors (Lipinski definition) is 5. The van der Waals surface area contributed by atoms with Gasteiger partial charge in [-0.25, -0.2) is 9.97 Å². The van der Waals surface area contributed by atoms with E-state index >= 15 is 0 Å². The Morgan fingerprint density at radius 3 is 2.76 bits per heavy atom. The molecule has 2 heterocycles. The van der Waals surface area contributed by atoms with E-state index in [2.05, 4.69) is 15.5 Å². The molecular weight excluding hydrogens is 419 g/mol. The SMILES string of the molecule is NC(=O)c1cccc2c(-c3nc4c(c(NCc5cccc(B(O)O)c5)n3)CCCC4)[nH]nc12. The number of nitrogens with two attached hydrogens (primary N) is 1. The number of H-pyrrole nitrogens is 1. The molecule has 166 valence electrons. The number of carbonyl (C=O) groups is 1. The first kappa shape index (κ1) is 21.1. The molecule has 4 aromatic rings. The van der Waals surface area contributed by atoms with Crippen LogP contribution in [0.4, 0.5) is 5.82 Å². The summed E-state index contributed by atoms with van der Waals surface area (Å²) in [6.07, 6.45) is 3.90. The summed E-state index contributed by atoms with van der Waals surface area (Å²) in [5.41, 5.74) is 10.4. The summed E-state index contributed by atoms with van der Waals surface area (Å²) in [6, 6.07) is 12.4. The number of aromatic nitrogens is 4. The van der Waals surface area contributed by atoms with Crippen molar-refractivity contribution in [2.75, 3.05) is 5.32 Å². The van der Waals surface area contributed by atoms with E-state index < -0.39 is 13.0 Å². The maximum Gasteiger partial charge on any atom is 0.488 e. The minimum atomic E-state index is -1.51. The van der Waals surface area contributed by atoms with Crippen LogP contribution >= 0.6 is 0 Å². The Hall–Kier alpha value is -3.76. The first-order valence-corrected chi connectivity index (χ1v) is 10.9. The minimum absolute atomic E-state index is 0.345. The van der Waals surface area contributed by atoms with Crippen molar-refractivity contribution in [1.82, 2.24) is 20.2 Å². The van der Waals surface area contributed by atoms with Gasteiger partial charge in [-0.3, -0.25) is 9.89 Å². The predicted molar refractivity (Wildman–Crippen MR) is 126 cm³/mol. The largest absolute Gasteiger partial charge is 0.488 e. The van der Waals surface area contributed by atoms with Gasteiger partial charge in [0.15, 0.2) is 5.82 Å². The van der Waals surface area contributed by atoms with Crippen molar-refractivity contribution in [3.63, 3.8) is 0 Å². The van der Waals surface area contributed by atoms with Gasteiger partial charge in [0.1, 0.15) is 17.0 Å². The standard InChI is InChI=1S/C23H23BN6O3/c25-21(31)17-9-4-8-16-19(17)29-30-20(16)23-27-18-10-2-1-7-15(18)22(28-23)26-12-13-5-3-6-14(11-13)24(32)33/h3-6,8-9,11,32-33H,1-2,7,10,12H2,(H2,25,31)(H,29,30)(H,26,27,28). The highest BCUT2D eigenvalue weighted by Gasteiger charge is 2.21. The second-order valence-electron chi connectivity index (χ2n) is 8.17. The lowest BCUT2D eigenvalue weighted by Gasteiger charge is -2.20. The number of aryl methyl sites for hydroxylation is 1. The fourth-order valence-corrected chi connectivity index (χ4v) is 4.31. The Bertz CT molecular complexity index is 1350. The van der Waals surface area contributed by atoms with E-state index in [0.29, 0.717) is 34.6 Å². The van der Waals surface area contributed by atoms with Crippen LogP contribution in [0.2, 0.25) is 0 Å². The molecule has 33 heavy (non-hydrogen) atoms. The lowest BCUT2D eigenvalue weighted by molar-refractivity contribution is 0.100. The number of fused-ring (bicyclic) bond motifs is 2. The third-order valence-corrected chi connectivity index (χ3v) is 5.97. The average Bonchev–Trinajstić information content (AvgIpc) is 3.26. The third-order valence-electron chi connectivity index (χ3n) is 5.97. The number of rotatable bonds is 6. The normalized spacial score (nSPS) is 13.0. The molecule has 1 aliphatic carbocycles. The summed E-state index contributed by atoms with van der Waals surface area (Å²) in [6.45, 7) is 0.471. The fourth-order valence-electron chi connectivity index (χ4n) is 4.31. The van der Waals surface area contributed by atoms with Crippen molar-refractivity contribution in [2.45, 2.75) is 32.2 Å². The summed E-state index contributed by atoms with van der Waals surface area (Å²) in [5.74, 6) is 0.711. The van der Waals surface area contributed by atoms with Gasteiger partial charge in [-0.05, 0) is 42.8 Å². The molecule has 5 rings (SSSR count). The molecule has 0 atom stereocenters. The number of carbonyl (C=O) groups excluding carboxylic acids is 1. The predicted octanol–water partition coefficient (Wildman–Crippen LogP) is 1.29. The van der Waals surface area contributed by atoms with Gasteiger partial charge in [0.05, 0.1) is 5.56 Å². The number of anilines is 1. The molecule has 2 aromatic heterocycles. The first-order valence-electron chi connectivity index (χ1n) is 10.9. The van der Waals surface area contributed by atoms with Crippen molar-refractivity contribution in [3.8, 4) is 11.5 Å². The van der Waals surface area contributed by atoms with E-state index in [0.717, 1.165) is 53.7 Å². The average molecular weight is 442 g/mol. The molecule has 0 saturated carbocycles. The quantitative estimate of drug-likeness (QED) is 0.282. The number of benzene rings is 2. The van der Waals surface area contributed by atoms with Gasteiger partial charge in [-0.15, -0.1) is 0 Å². The maximum atomic E-state index is 11.8. The van der Waals surface area contributed by atoms with Crippen LogP contribution in [-0.2, 0) is 19.4 Å². The van der Waals surface area contributed by atoms with Gasteiger partial charge >= 0.3 is 7.12 Å². The number of amides is 1. The Labute approximate surface area is 190 Å². The highest BCUT2D eigenvalue weighted by Crippen LogP contribution is 2.31. The zero-order chi connectivity index (χ0) is 22.9. The van der Waals surface area contributed by atoms with Gasteiger partial charge in [-0.2, -0.15) is 5.10 Å². The fraction of sp³-hybridized carbons (Fsp3) is 0.217. The Morgan fingerprint density at radius 1 is 1.12 bits per heavy atom. The Kier molecular flexibility index (Phi) is 5.53. The van der Waals surface area contributed by atoms with E-state index in [1.807, 2.05) is 12.1 Å². The highest BCUT2D eigenvalue weighted by atomic mass is 16.4. The van der Waals surface area contributed by atoms with Crippen LogP contribution in [-0.4, -0.2) is 43.2 Å². The molecule has 1 aliphatic rings. The second kappa shape index (κ2) is 8.65. The van der Waals surface area contributed by atoms with Crippen molar-refractivity contribution >= 4 is 35.2 Å². The van der Waals surface area contributed by atoms with Crippen LogP contribution in [0.15, 0.2) is 42.5 Å². The van der Waals surface area contributed by atoms with Crippen LogP contribution in [0.5, 0.6) is 0 Å². The molecule has 10 heteroatoms. The molecule has 0 aliphatic heterocycles. The molecule has 2 aromatic carbocycles. The van der Waals surface area contributed by atoms with Crippen LogP contribution in [0, 0.1) is 0 Å². The molecule has 6 N–H and O–H groups in total. The molecular formula is C23H23BN6O3. The zero-order valence-electron chi connectivity index (χ0n) is 17.9. The van der Waals surface area contributed by atoms with E-state index in [9.17, 15) is 14.8 Å². The van der Waals surface area contributed by atoms with Crippen LogP contribution < -0.4 is 16.5 Å². The van der Waals surface area contributed by atoms with Gasteiger partial charge < -0.3 is 21.1 Å². The van der Waals surface area contributed by atoms with Crippen molar-refractivity contribution in [2.24, 2.45) is 5.73 Å². The highest BCUT2D eigenvalue weighted by molar-refractivity contribution is 6.58. The monoisotopic (exact) mass is 442 g/mol.